The van der Waals surface area contributed by atoms with Crippen LogP contribution in [0.15, 0.2) is 0 Å². The Morgan fingerprint density at radius 3 is 2.67 bits per heavy atom. The van der Waals surface area contributed by atoms with Crippen LogP contribution in [0, 0.1) is 0 Å². The van der Waals surface area contributed by atoms with Crippen molar-refractivity contribution in [2.24, 2.45) is 0 Å². The van der Waals surface area contributed by atoms with Crippen molar-refractivity contribution in [1.29, 1.82) is 0 Å². The Kier molecular flexibility index (Phi) is 2.63. The van der Waals surface area contributed by atoms with Crippen LogP contribution in [0.5, 0.6) is 0 Å². The first-order chi connectivity index (χ1) is 6.96. The second-order valence-electron chi connectivity index (χ2n) is 4.70. The van der Waals surface area contributed by atoms with Crippen LogP contribution in [0.1, 0.15) is 26.7 Å². The second kappa shape index (κ2) is 3.56. The number of amides is 1. The van der Waals surface area contributed by atoms with Crippen LogP contribution in [0.2, 0.25) is 0 Å². The van der Waals surface area contributed by atoms with E-state index in [4.69, 9.17) is 0 Å². The highest BCUT2D eigenvalue weighted by Crippen LogP contribution is 2.42. The van der Waals surface area contributed by atoms with E-state index in [1.165, 1.54) is 0 Å². The van der Waals surface area contributed by atoms with Gasteiger partial charge in [0.05, 0.1) is 11.7 Å². The molecule has 5 heteroatoms. The maximum Gasteiger partial charge on any atom is 0.244 e. The van der Waals surface area contributed by atoms with Crippen LogP contribution in [-0.4, -0.2) is 44.8 Å². The Hall–Kier alpha value is -0.420. The predicted molar refractivity (Wildman–Crippen MR) is 59.8 cm³/mol. The van der Waals surface area contributed by atoms with Gasteiger partial charge in [-0.25, -0.2) is 0 Å². The zero-order valence-corrected chi connectivity index (χ0v) is 10.3. The largest absolute Gasteiger partial charge is 0.322 e. The molecule has 1 aliphatic carbocycles. The summed E-state index contributed by atoms with van der Waals surface area (Å²) in [7, 11) is -0.848. The zero-order chi connectivity index (χ0) is 11.2. The first-order valence-corrected chi connectivity index (χ1v) is 7.09. The topological polar surface area (TPSA) is 49.4 Å². The molecule has 3 unspecified atom stereocenters. The van der Waals surface area contributed by atoms with Crippen LogP contribution in [0.25, 0.3) is 0 Å². The summed E-state index contributed by atoms with van der Waals surface area (Å²) >= 11 is 0. The van der Waals surface area contributed by atoms with E-state index in [0.29, 0.717) is 5.75 Å². The van der Waals surface area contributed by atoms with Gasteiger partial charge in [-0.1, -0.05) is 0 Å². The molecule has 1 spiro atoms. The van der Waals surface area contributed by atoms with Crippen LogP contribution in [0.3, 0.4) is 0 Å². The lowest BCUT2D eigenvalue weighted by Gasteiger charge is -2.27. The number of hydrogen-bond donors (Lipinski definition) is 1. The molecule has 0 aromatic rings. The van der Waals surface area contributed by atoms with Gasteiger partial charge >= 0.3 is 0 Å². The number of nitrogens with zero attached hydrogens (tertiary/aromatic N) is 1. The summed E-state index contributed by atoms with van der Waals surface area (Å²) < 4.78 is 11.2. The van der Waals surface area contributed by atoms with Gasteiger partial charge in [-0.05, 0) is 26.7 Å². The van der Waals surface area contributed by atoms with Crippen molar-refractivity contribution in [3.8, 4) is 0 Å². The minimum Gasteiger partial charge on any atom is -0.322 e. The minimum absolute atomic E-state index is 0.0609. The number of nitrogens with one attached hydrogen (secondary N) is 1. The van der Waals surface area contributed by atoms with E-state index in [1.54, 1.807) is 6.26 Å². The fraction of sp³-hybridized carbons (Fsp3) is 0.900. The molecule has 2 rings (SSSR count). The maximum absolute atomic E-state index is 12.1. The second-order valence-corrected chi connectivity index (χ2v) is 6.18. The monoisotopic (exact) mass is 230 g/mol. The van der Waals surface area contributed by atoms with Crippen LogP contribution >= 0.6 is 0 Å². The van der Waals surface area contributed by atoms with Crippen molar-refractivity contribution in [3.63, 3.8) is 0 Å². The van der Waals surface area contributed by atoms with Crippen molar-refractivity contribution >= 4 is 16.7 Å². The fourth-order valence-electron chi connectivity index (χ4n) is 2.44. The molecule has 0 aromatic heterocycles. The van der Waals surface area contributed by atoms with Crippen LogP contribution in [0.4, 0.5) is 0 Å². The van der Waals surface area contributed by atoms with E-state index in [2.05, 4.69) is 5.32 Å². The Morgan fingerprint density at radius 1 is 1.67 bits per heavy atom. The molecule has 3 atom stereocenters. The minimum atomic E-state index is -0.848. The van der Waals surface area contributed by atoms with Crippen LogP contribution in [-0.2, 0) is 15.6 Å². The third-order valence-corrected chi connectivity index (χ3v) is 4.20. The van der Waals surface area contributed by atoms with Crippen molar-refractivity contribution in [2.75, 3.05) is 12.0 Å². The fourth-order valence-corrected chi connectivity index (χ4v) is 3.28. The normalized spacial score (nSPS) is 32.1. The molecule has 1 saturated heterocycles. The molecule has 2 fully saturated rings. The van der Waals surface area contributed by atoms with E-state index < -0.39 is 10.8 Å². The van der Waals surface area contributed by atoms with Crippen molar-refractivity contribution < 1.29 is 9.00 Å². The summed E-state index contributed by atoms with van der Waals surface area (Å²) in [4.78, 5) is 13.9. The number of carbonyl (C=O) groups excluding carboxylic acids is 1. The van der Waals surface area contributed by atoms with E-state index in [0.717, 1.165) is 12.8 Å². The number of rotatable bonds is 3. The van der Waals surface area contributed by atoms with E-state index in [-0.39, 0.29) is 23.7 Å². The van der Waals surface area contributed by atoms with Crippen molar-refractivity contribution in [3.05, 3.63) is 0 Å². The van der Waals surface area contributed by atoms with Gasteiger partial charge in [-0.3, -0.25) is 14.3 Å². The molecule has 0 aromatic carbocycles. The average molecular weight is 230 g/mol. The lowest BCUT2D eigenvalue weighted by Crippen LogP contribution is -2.44. The first-order valence-electron chi connectivity index (χ1n) is 5.37. The molecule has 2 aliphatic rings. The summed E-state index contributed by atoms with van der Waals surface area (Å²) in [6.07, 6.45) is 3.67. The first kappa shape index (κ1) is 11.1. The Labute approximate surface area is 92.9 Å². The van der Waals surface area contributed by atoms with E-state index >= 15 is 0 Å². The van der Waals surface area contributed by atoms with Gasteiger partial charge in [0.25, 0.3) is 0 Å². The Balaban J connectivity index is 2.08. The molecular weight excluding hydrogens is 212 g/mol. The molecule has 4 nitrogen and oxygen atoms in total. The highest BCUT2D eigenvalue weighted by Gasteiger charge is 2.58. The zero-order valence-electron chi connectivity index (χ0n) is 9.45. The third kappa shape index (κ3) is 1.83. The molecule has 1 N–H and O–H groups in total. The summed E-state index contributed by atoms with van der Waals surface area (Å²) in [5.41, 5.74) is -0.247. The highest BCUT2D eigenvalue weighted by molar-refractivity contribution is 7.84. The van der Waals surface area contributed by atoms with Gasteiger partial charge in [-0.2, -0.15) is 0 Å². The number of hydrogen-bond acceptors (Lipinski definition) is 3. The van der Waals surface area contributed by atoms with E-state index in [1.807, 2.05) is 18.7 Å². The molecular formula is C10H18N2O2S. The average Bonchev–Trinajstić information content (AvgIpc) is 2.78. The molecule has 1 saturated carbocycles. The Morgan fingerprint density at radius 2 is 2.27 bits per heavy atom. The lowest BCUT2D eigenvalue weighted by atomic mass is 10.2. The predicted octanol–water partition coefficient (Wildman–Crippen LogP) is 0.0638. The smallest absolute Gasteiger partial charge is 0.244 e. The SMILES string of the molecule is CC(CS(C)=O)N1C(=O)C2(CC2)NC1C. The highest BCUT2D eigenvalue weighted by atomic mass is 32.2. The summed E-state index contributed by atoms with van der Waals surface area (Å²) in [6.45, 7) is 3.97. The molecule has 0 radical (unpaired) electrons. The lowest BCUT2D eigenvalue weighted by molar-refractivity contribution is -0.132. The van der Waals surface area contributed by atoms with Gasteiger partial charge in [0, 0.05) is 28.9 Å². The van der Waals surface area contributed by atoms with Crippen molar-refractivity contribution in [2.45, 2.75) is 44.4 Å². The van der Waals surface area contributed by atoms with E-state index in [9.17, 15) is 9.00 Å². The van der Waals surface area contributed by atoms with Gasteiger partial charge in [0.1, 0.15) is 0 Å². The molecule has 15 heavy (non-hydrogen) atoms. The van der Waals surface area contributed by atoms with Gasteiger partial charge in [-0.15, -0.1) is 0 Å². The van der Waals surface area contributed by atoms with Gasteiger partial charge < -0.3 is 4.90 Å². The van der Waals surface area contributed by atoms with Crippen LogP contribution < -0.4 is 5.32 Å². The number of carbonyl (C=O) groups is 1. The van der Waals surface area contributed by atoms with Crippen molar-refractivity contribution in [1.82, 2.24) is 10.2 Å². The molecule has 1 aliphatic heterocycles. The molecule has 1 heterocycles. The third-order valence-electron chi connectivity index (χ3n) is 3.25. The molecule has 1 amide bonds. The van der Waals surface area contributed by atoms with Gasteiger partial charge in [0.2, 0.25) is 5.91 Å². The molecule has 86 valence electrons. The van der Waals surface area contributed by atoms with Gasteiger partial charge in [0.15, 0.2) is 0 Å². The summed E-state index contributed by atoms with van der Waals surface area (Å²) in [5.74, 6) is 0.765. The Bertz CT molecular complexity index is 315. The quantitative estimate of drug-likeness (QED) is 0.746. The standard InChI is InChI=1S/C10H18N2O2S/c1-7(6-15(3)14)12-8(2)11-10(4-5-10)9(12)13/h7-8,11H,4-6H2,1-3H3. The maximum atomic E-state index is 12.1. The summed E-state index contributed by atoms with van der Waals surface area (Å²) in [6, 6.07) is 0.0609. The summed E-state index contributed by atoms with van der Waals surface area (Å²) in [5, 5.41) is 3.34. The molecule has 0 bridgehead atoms.